The molecule has 1 unspecified atom stereocenters. The third-order valence-electron chi connectivity index (χ3n) is 3.73. The summed E-state index contributed by atoms with van der Waals surface area (Å²) >= 11 is 0. The van der Waals surface area contributed by atoms with Crippen LogP contribution in [-0.2, 0) is 9.53 Å². The monoisotopic (exact) mass is 351 g/mol. The molecule has 132 valence electrons. The molecule has 2 aromatic carbocycles. The van der Waals surface area contributed by atoms with Gasteiger partial charge in [0.25, 0.3) is 5.91 Å². The average molecular weight is 351 g/mol. The van der Waals surface area contributed by atoms with Gasteiger partial charge in [0.15, 0.2) is 6.61 Å². The van der Waals surface area contributed by atoms with Crippen LogP contribution in [-0.4, -0.2) is 38.7 Å². The summed E-state index contributed by atoms with van der Waals surface area (Å²) in [5, 5.41) is 13.7. The van der Waals surface area contributed by atoms with Crippen molar-refractivity contribution in [3.05, 3.63) is 72.1 Å². The lowest BCUT2D eigenvalue weighted by Crippen LogP contribution is -2.31. The highest BCUT2D eigenvalue weighted by Crippen LogP contribution is 2.14. The number of aromatic nitrogens is 4. The quantitative estimate of drug-likeness (QED) is 0.679. The van der Waals surface area contributed by atoms with Gasteiger partial charge in [0.2, 0.25) is 0 Å². The maximum atomic E-state index is 12.3. The van der Waals surface area contributed by atoms with E-state index >= 15 is 0 Å². The molecule has 1 atom stereocenters. The summed E-state index contributed by atoms with van der Waals surface area (Å²) in [5.41, 5.74) is 1.71. The Bertz CT molecular complexity index is 881. The Kier molecular flexibility index (Phi) is 5.33. The molecule has 0 saturated carbocycles. The molecule has 0 fully saturated rings. The topological polar surface area (TPSA) is 99.0 Å². The van der Waals surface area contributed by atoms with Crippen molar-refractivity contribution in [3.63, 3.8) is 0 Å². The van der Waals surface area contributed by atoms with Crippen molar-refractivity contribution in [1.82, 2.24) is 25.5 Å². The summed E-state index contributed by atoms with van der Waals surface area (Å²) in [6.07, 6.45) is 1.38. The van der Waals surface area contributed by atoms with Gasteiger partial charge in [0.05, 0.1) is 17.3 Å². The van der Waals surface area contributed by atoms with Crippen molar-refractivity contribution >= 4 is 11.9 Å². The van der Waals surface area contributed by atoms with Crippen LogP contribution in [0.5, 0.6) is 0 Å². The maximum Gasteiger partial charge on any atom is 0.340 e. The molecular weight excluding hydrogens is 334 g/mol. The second-order valence-electron chi connectivity index (χ2n) is 5.55. The van der Waals surface area contributed by atoms with Crippen LogP contribution in [0.2, 0.25) is 0 Å². The number of amides is 1. The van der Waals surface area contributed by atoms with Crippen molar-refractivity contribution in [2.24, 2.45) is 0 Å². The summed E-state index contributed by atoms with van der Waals surface area (Å²) in [6.45, 7) is 1.49. The van der Waals surface area contributed by atoms with Gasteiger partial charge in [-0.3, -0.25) is 4.79 Å². The van der Waals surface area contributed by atoms with E-state index in [0.717, 1.165) is 5.56 Å². The highest BCUT2D eigenvalue weighted by Gasteiger charge is 2.17. The molecule has 0 radical (unpaired) electrons. The number of benzene rings is 2. The smallest absolute Gasteiger partial charge is 0.340 e. The minimum atomic E-state index is -0.626. The van der Waals surface area contributed by atoms with E-state index in [1.165, 1.54) is 11.0 Å². The van der Waals surface area contributed by atoms with Gasteiger partial charge in [-0.1, -0.05) is 42.5 Å². The minimum absolute atomic E-state index is 0.184. The lowest BCUT2D eigenvalue weighted by Gasteiger charge is -2.14. The van der Waals surface area contributed by atoms with Crippen molar-refractivity contribution in [3.8, 4) is 5.69 Å². The standard InChI is InChI=1S/C18H17N5O3/c1-13(14-7-3-2-4-8-14)20-17(24)11-26-18(25)15-9-5-6-10-16(15)23-12-19-21-22-23/h2-10,12-13H,11H2,1H3,(H,20,24). The molecular formula is C18H17N5O3. The van der Waals surface area contributed by atoms with Crippen LogP contribution >= 0.6 is 0 Å². The molecule has 3 rings (SSSR count). The largest absolute Gasteiger partial charge is 0.452 e. The van der Waals surface area contributed by atoms with Gasteiger partial charge in [0.1, 0.15) is 6.33 Å². The Hall–Kier alpha value is -3.55. The van der Waals surface area contributed by atoms with Crippen molar-refractivity contribution in [2.75, 3.05) is 6.61 Å². The van der Waals surface area contributed by atoms with Gasteiger partial charge in [-0.2, -0.15) is 4.68 Å². The fourth-order valence-electron chi connectivity index (χ4n) is 2.43. The maximum absolute atomic E-state index is 12.3. The van der Waals surface area contributed by atoms with Gasteiger partial charge in [-0.15, -0.1) is 5.10 Å². The van der Waals surface area contributed by atoms with Gasteiger partial charge in [-0.25, -0.2) is 4.79 Å². The van der Waals surface area contributed by atoms with Gasteiger partial charge in [-0.05, 0) is 35.0 Å². The van der Waals surface area contributed by atoms with E-state index < -0.39 is 5.97 Å². The molecule has 0 aliphatic carbocycles. The van der Waals surface area contributed by atoms with Crippen LogP contribution in [0.4, 0.5) is 0 Å². The molecule has 8 nitrogen and oxygen atoms in total. The van der Waals surface area contributed by atoms with Crippen molar-refractivity contribution in [1.29, 1.82) is 0 Å². The zero-order valence-corrected chi connectivity index (χ0v) is 14.1. The first-order valence-electron chi connectivity index (χ1n) is 7.99. The molecule has 1 N–H and O–H groups in total. The van der Waals surface area contributed by atoms with Crippen LogP contribution in [0.15, 0.2) is 60.9 Å². The first-order valence-corrected chi connectivity index (χ1v) is 7.99. The second kappa shape index (κ2) is 8.02. The zero-order valence-electron chi connectivity index (χ0n) is 14.1. The number of nitrogens with one attached hydrogen (secondary N) is 1. The summed E-state index contributed by atoms with van der Waals surface area (Å²) < 4.78 is 6.49. The number of esters is 1. The fraction of sp³-hybridized carbons (Fsp3) is 0.167. The Labute approximate surface area is 149 Å². The molecule has 0 bridgehead atoms. The molecule has 0 aliphatic heterocycles. The molecule has 8 heteroatoms. The van der Waals surface area contributed by atoms with E-state index in [4.69, 9.17) is 4.74 Å². The van der Waals surface area contributed by atoms with E-state index in [1.807, 2.05) is 37.3 Å². The Morgan fingerprint density at radius 3 is 2.58 bits per heavy atom. The first kappa shape index (κ1) is 17.3. The number of carbonyl (C=O) groups is 2. The van der Waals surface area contributed by atoms with Gasteiger partial charge < -0.3 is 10.1 Å². The van der Waals surface area contributed by atoms with Crippen LogP contribution < -0.4 is 5.32 Å². The molecule has 1 amide bonds. The van der Waals surface area contributed by atoms with Crippen molar-refractivity contribution in [2.45, 2.75) is 13.0 Å². The van der Waals surface area contributed by atoms with Crippen molar-refractivity contribution < 1.29 is 14.3 Å². The Morgan fingerprint density at radius 2 is 1.85 bits per heavy atom. The summed E-state index contributed by atoms with van der Waals surface area (Å²) in [6, 6.07) is 16.1. The Morgan fingerprint density at radius 1 is 1.12 bits per heavy atom. The van der Waals surface area contributed by atoms with Crippen LogP contribution in [0.25, 0.3) is 5.69 Å². The molecule has 26 heavy (non-hydrogen) atoms. The fourth-order valence-corrected chi connectivity index (χ4v) is 2.43. The normalized spacial score (nSPS) is 11.6. The summed E-state index contributed by atoms with van der Waals surface area (Å²) in [5.74, 6) is -1.01. The molecule has 1 aromatic heterocycles. The van der Waals surface area contributed by atoms with E-state index in [1.54, 1.807) is 24.3 Å². The number of para-hydroxylation sites is 1. The van der Waals surface area contributed by atoms with E-state index in [9.17, 15) is 9.59 Å². The minimum Gasteiger partial charge on any atom is -0.452 e. The summed E-state index contributed by atoms with van der Waals surface area (Å²) in [4.78, 5) is 24.4. The number of tetrazole rings is 1. The molecule has 0 saturated heterocycles. The molecule has 1 heterocycles. The second-order valence-corrected chi connectivity index (χ2v) is 5.55. The van der Waals surface area contributed by atoms with Crippen LogP contribution in [0.1, 0.15) is 28.9 Å². The summed E-state index contributed by atoms with van der Waals surface area (Å²) in [7, 11) is 0. The Balaban J connectivity index is 1.60. The molecule has 3 aromatic rings. The van der Waals surface area contributed by atoms with E-state index in [-0.39, 0.29) is 24.1 Å². The van der Waals surface area contributed by atoms with E-state index in [0.29, 0.717) is 5.69 Å². The number of ether oxygens (including phenoxy) is 1. The van der Waals surface area contributed by atoms with Gasteiger partial charge >= 0.3 is 5.97 Å². The lowest BCUT2D eigenvalue weighted by atomic mass is 10.1. The third-order valence-corrected chi connectivity index (χ3v) is 3.73. The number of carbonyl (C=O) groups excluding carboxylic acids is 2. The number of rotatable bonds is 6. The lowest BCUT2D eigenvalue weighted by molar-refractivity contribution is -0.124. The SMILES string of the molecule is CC(NC(=O)COC(=O)c1ccccc1-n1cnnn1)c1ccccc1. The van der Waals surface area contributed by atoms with Crippen LogP contribution in [0.3, 0.4) is 0 Å². The van der Waals surface area contributed by atoms with Crippen LogP contribution in [0, 0.1) is 0 Å². The third kappa shape index (κ3) is 4.10. The molecule has 0 aliphatic rings. The number of hydrogen-bond donors (Lipinski definition) is 1. The van der Waals surface area contributed by atoms with E-state index in [2.05, 4.69) is 20.8 Å². The molecule has 0 spiro atoms. The predicted molar refractivity (Wildman–Crippen MR) is 92.4 cm³/mol. The van der Waals surface area contributed by atoms with Gasteiger partial charge in [0, 0.05) is 0 Å². The average Bonchev–Trinajstić information content (AvgIpc) is 3.21. The zero-order chi connectivity index (χ0) is 18.4. The predicted octanol–water partition coefficient (Wildman–Crippen LogP) is 1.70. The number of nitrogens with zero attached hydrogens (tertiary/aromatic N) is 4. The first-order chi connectivity index (χ1) is 12.6. The highest BCUT2D eigenvalue weighted by molar-refractivity contribution is 5.94. The number of hydrogen-bond acceptors (Lipinski definition) is 6. The highest BCUT2D eigenvalue weighted by atomic mass is 16.5.